The lowest BCUT2D eigenvalue weighted by Gasteiger charge is -2.25. The summed E-state index contributed by atoms with van der Waals surface area (Å²) in [4.78, 5) is 24.2. The van der Waals surface area contributed by atoms with E-state index < -0.39 is 11.9 Å². The minimum atomic E-state index is -0.869. The molecule has 0 aromatic carbocycles. The van der Waals surface area contributed by atoms with Crippen molar-refractivity contribution in [3.05, 3.63) is 0 Å². The molecule has 1 aliphatic carbocycles. The van der Waals surface area contributed by atoms with Gasteiger partial charge < -0.3 is 15.3 Å². The van der Waals surface area contributed by atoms with Crippen LogP contribution in [0.5, 0.6) is 0 Å². The highest BCUT2D eigenvalue weighted by atomic mass is 16.4. The summed E-state index contributed by atoms with van der Waals surface area (Å²) in [5.41, 5.74) is 0. The van der Waals surface area contributed by atoms with E-state index in [1.165, 1.54) is 12.8 Å². The molecular formula is C12H22N2O3. The van der Waals surface area contributed by atoms with Crippen LogP contribution in [0.1, 0.15) is 33.6 Å². The van der Waals surface area contributed by atoms with Crippen LogP contribution >= 0.6 is 0 Å². The quantitative estimate of drug-likeness (QED) is 0.742. The minimum absolute atomic E-state index is 0.153. The minimum Gasteiger partial charge on any atom is -0.481 e. The summed E-state index contributed by atoms with van der Waals surface area (Å²) in [6, 6.07) is 0.0386. The molecule has 0 radical (unpaired) electrons. The van der Waals surface area contributed by atoms with Gasteiger partial charge in [-0.05, 0) is 32.6 Å². The monoisotopic (exact) mass is 242 g/mol. The van der Waals surface area contributed by atoms with Crippen molar-refractivity contribution in [2.45, 2.75) is 39.7 Å². The molecular weight excluding hydrogens is 220 g/mol. The summed E-state index contributed by atoms with van der Waals surface area (Å²) >= 11 is 0. The van der Waals surface area contributed by atoms with Crippen LogP contribution in [0.2, 0.25) is 0 Å². The van der Waals surface area contributed by atoms with E-state index in [1.807, 2.05) is 13.8 Å². The first-order chi connectivity index (χ1) is 7.95. The summed E-state index contributed by atoms with van der Waals surface area (Å²) in [6.07, 6.45) is 2.36. The maximum atomic E-state index is 11.9. The number of carboxylic acids is 1. The zero-order chi connectivity index (χ0) is 13.0. The van der Waals surface area contributed by atoms with E-state index in [1.54, 1.807) is 11.8 Å². The molecule has 1 aliphatic rings. The number of carbonyl (C=O) groups excluding carboxylic acids is 1. The molecule has 2 atom stereocenters. The van der Waals surface area contributed by atoms with Gasteiger partial charge in [0.25, 0.3) is 0 Å². The standard InChI is InChI=1S/C12H22N2O3/c1-4-14(7-8(2)11(15)16)12(17)13-9(3)10-5-6-10/h8-10H,4-7H2,1-3H3,(H,13,17)(H,15,16). The van der Waals surface area contributed by atoms with Gasteiger partial charge in [-0.15, -0.1) is 0 Å². The van der Waals surface area contributed by atoms with Crippen LogP contribution in [0.15, 0.2) is 0 Å². The topological polar surface area (TPSA) is 69.6 Å². The number of aliphatic carboxylic acids is 1. The first-order valence-electron chi connectivity index (χ1n) is 6.24. The first-order valence-corrected chi connectivity index (χ1v) is 6.24. The Hall–Kier alpha value is -1.26. The lowest BCUT2D eigenvalue weighted by molar-refractivity contribution is -0.141. The summed E-state index contributed by atoms with van der Waals surface area (Å²) in [7, 11) is 0. The number of urea groups is 1. The van der Waals surface area contributed by atoms with Crippen molar-refractivity contribution in [2.75, 3.05) is 13.1 Å². The SMILES string of the molecule is CCN(CC(C)C(=O)O)C(=O)NC(C)C1CC1. The zero-order valence-corrected chi connectivity index (χ0v) is 10.8. The molecule has 5 nitrogen and oxygen atoms in total. The third-order valence-electron chi connectivity index (χ3n) is 3.27. The molecule has 0 heterocycles. The number of nitrogens with one attached hydrogen (secondary N) is 1. The molecule has 2 N–H and O–H groups in total. The van der Waals surface area contributed by atoms with Gasteiger partial charge in [0.1, 0.15) is 0 Å². The molecule has 0 bridgehead atoms. The molecule has 5 heteroatoms. The van der Waals surface area contributed by atoms with Crippen molar-refractivity contribution < 1.29 is 14.7 Å². The smallest absolute Gasteiger partial charge is 0.317 e. The molecule has 17 heavy (non-hydrogen) atoms. The summed E-state index contributed by atoms with van der Waals surface area (Å²) in [5.74, 6) is -0.794. The Bertz CT molecular complexity index is 289. The maximum absolute atomic E-state index is 11.9. The molecule has 0 spiro atoms. The lowest BCUT2D eigenvalue weighted by atomic mass is 10.1. The van der Waals surface area contributed by atoms with Gasteiger partial charge in [-0.2, -0.15) is 0 Å². The predicted octanol–water partition coefficient (Wildman–Crippen LogP) is 1.54. The van der Waals surface area contributed by atoms with Gasteiger partial charge >= 0.3 is 12.0 Å². The number of nitrogens with zero attached hydrogens (tertiary/aromatic N) is 1. The lowest BCUT2D eigenvalue weighted by Crippen LogP contribution is -2.46. The van der Waals surface area contributed by atoms with Gasteiger partial charge in [0.05, 0.1) is 5.92 Å². The Kier molecular flexibility index (Phi) is 4.78. The Morgan fingerprint density at radius 1 is 1.41 bits per heavy atom. The Balaban J connectivity index is 2.42. The number of hydrogen-bond acceptors (Lipinski definition) is 2. The Morgan fingerprint density at radius 3 is 2.41 bits per heavy atom. The molecule has 2 amide bonds. The number of hydrogen-bond donors (Lipinski definition) is 2. The summed E-state index contributed by atoms with van der Waals surface area (Å²) in [6.45, 7) is 6.26. The van der Waals surface area contributed by atoms with E-state index in [-0.39, 0.29) is 18.6 Å². The fourth-order valence-electron chi connectivity index (χ4n) is 1.76. The number of rotatable bonds is 6. The van der Waals surface area contributed by atoms with Crippen molar-refractivity contribution in [3.63, 3.8) is 0 Å². The highest BCUT2D eigenvalue weighted by Crippen LogP contribution is 2.32. The fourth-order valence-corrected chi connectivity index (χ4v) is 1.76. The zero-order valence-electron chi connectivity index (χ0n) is 10.8. The van der Waals surface area contributed by atoms with E-state index in [0.29, 0.717) is 12.5 Å². The molecule has 0 aromatic heterocycles. The van der Waals surface area contributed by atoms with E-state index >= 15 is 0 Å². The second kappa shape index (κ2) is 5.89. The van der Waals surface area contributed by atoms with Crippen molar-refractivity contribution in [3.8, 4) is 0 Å². The summed E-state index contributed by atoms with van der Waals surface area (Å²) < 4.78 is 0. The van der Waals surface area contributed by atoms with Crippen LogP contribution in [0.4, 0.5) is 4.79 Å². The molecule has 0 saturated heterocycles. The number of amides is 2. The average Bonchev–Trinajstić information content (AvgIpc) is 3.08. The van der Waals surface area contributed by atoms with Crippen molar-refractivity contribution in [2.24, 2.45) is 11.8 Å². The maximum Gasteiger partial charge on any atom is 0.317 e. The molecule has 0 aromatic rings. The highest BCUT2D eigenvalue weighted by molar-refractivity contribution is 5.76. The van der Waals surface area contributed by atoms with Gasteiger partial charge in [-0.25, -0.2) is 4.79 Å². The molecule has 1 rings (SSSR count). The molecule has 98 valence electrons. The van der Waals surface area contributed by atoms with Crippen LogP contribution in [-0.2, 0) is 4.79 Å². The largest absolute Gasteiger partial charge is 0.481 e. The number of carboxylic acid groups (broad SMARTS) is 1. The third-order valence-corrected chi connectivity index (χ3v) is 3.27. The molecule has 2 unspecified atom stereocenters. The van der Waals surface area contributed by atoms with Gasteiger partial charge in [0.2, 0.25) is 0 Å². The highest BCUT2D eigenvalue weighted by Gasteiger charge is 2.30. The molecule has 0 aliphatic heterocycles. The van der Waals surface area contributed by atoms with E-state index in [9.17, 15) is 9.59 Å². The molecule has 1 fully saturated rings. The Labute approximate surface area is 102 Å². The number of carbonyl (C=O) groups is 2. The average molecular weight is 242 g/mol. The van der Waals surface area contributed by atoms with Crippen molar-refractivity contribution in [1.82, 2.24) is 10.2 Å². The third kappa shape index (κ3) is 4.24. The summed E-state index contributed by atoms with van der Waals surface area (Å²) in [5, 5.41) is 11.8. The van der Waals surface area contributed by atoms with Crippen molar-refractivity contribution >= 4 is 12.0 Å². The van der Waals surface area contributed by atoms with Crippen LogP contribution in [0.3, 0.4) is 0 Å². The van der Waals surface area contributed by atoms with Gasteiger partial charge in [0.15, 0.2) is 0 Å². The Morgan fingerprint density at radius 2 is 2.00 bits per heavy atom. The molecule has 1 saturated carbocycles. The fraction of sp³-hybridized carbons (Fsp3) is 0.833. The first kappa shape index (κ1) is 13.8. The van der Waals surface area contributed by atoms with Gasteiger partial charge in [-0.3, -0.25) is 4.79 Å². The van der Waals surface area contributed by atoms with Gasteiger partial charge in [-0.1, -0.05) is 6.92 Å². The van der Waals surface area contributed by atoms with E-state index in [4.69, 9.17) is 5.11 Å². The van der Waals surface area contributed by atoms with E-state index in [2.05, 4.69) is 5.32 Å². The van der Waals surface area contributed by atoms with Crippen LogP contribution in [-0.4, -0.2) is 41.1 Å². The van der Waals surface area contributed by atoms with Crippen LogP contribution < -0.4 is 5.32 Å². The van der Waals surface area contributed by atoms with Crippen LogP contribution in [0.25, 0.3) is 0 Å². The van der Waals surface area contributed by atoms with Crippen LogP contribution in [0, 0.1) is 11.8 Å². The van der Waals surface area contributed by atoms with Crippen molar-refractivity contribution in [1.29, 1.82) is 0 Å². The predicted molar refractivity (Wildman–Crippen MR) is 64.8 cm³/mol. The normalized spacial score (nSPS) is 18.3. The second-order valence-electron chi connectivity index (χ2n) is 4.85. The van der Waals surface area contributed by atoms with Gasteiger partial charge in [0, 0.05) is 19.1 Å². The second-order valence-corrected chi connectivity index (χ2v) is 4.85. The van der Waals surface area contributed by atoms with E-state index in [0.717, 1.165) is 0 Å².